The van der Waals surface area contributed by atoms with Gasteiger partial charge in [-0.3, -0.25) is 4.79 Å². The molecule has 3 N–H and O–H groups in total. The van der Waals surface area contributed by atoms with E-state index in [1.54, 1.807) is 54.6 Å². The lowest BCUT2D eigenvalue weighted by Gasteiger charge is -1.89. The van der Waals surface area contributed by atoms with Crippen molar-refractivity contribution in [1.82, 2.24) is 0 Å². The standard InChI is InChI=1S/C7H7NO.C6H6O2S/c8-7(9)6-4-2-1-3-5-6;7-9(8)6-4-2-1-3-5-6/h1-5H,(H2,8,9);1-5H,(H,7,8). The molecule has 1 unspecified atom stereocenters. The average molecular weight is 263 g/mol. The van der Waals surface area contributed by atoms with Gasteiger partial charge in [0, 0.05) is 5.56 Å². The van der Waals surface area contributed by atoms with Crippen molar-refractivity contribution in [3.63, 3.8) is 0 Å². The fraction of sp³-hybridized carbons (Fsp3) is 0. The van der Waals surface area contributed by atoms with Crippen LogP contribution in [0.1, 0.15) is 10.4 Å². The minimum absolute atomic E-state index is 0.379. The molecule has 0 saturated heterocycles. The largest absolute Gasteiger partial charge is 0.366 e. The second-order valence-corrected chi connectivity index (χ2v) is 4.26. The van der Waals surface area contributed by atoms with E-state index in [9.17, 15) is 9.00 Å². The molecule has 94 valence electrons. The van der Waals surface area contributed by atoms with E-state index in [4.69, 9.17) is 10.3 Å². The molecule has 0 aromatic heterocycles. The zero-order chi connectivity index (χ0) is 13.4. The summed E-state index contributed by atoms with van der Waals surface area (Å²) in [7, 11) is 0. The lowest BCUT2D eigenvalue weighted by Crippen LogP contribution is -2.09. The predicted molar refractivity (Wildman–Crippen MR) is 70.4 cm³/mol. The Labute approximate surface area is 108 Å². The monoisotopic (exact) mass is 263 g/mol. The maximum atomic E-state index is 10.4. The van der Waals surface area contributed by atoms with Crippen molar-refractivity contribution in [2.75, 3.05) is 0 Å². The summed E-state index contributed by atoms with van der Waals surface area (Å²) in [6, 6.07) is 17.2. The highest BCUT2D eigenvalue weighted by Gasteiger charge is 1.94. The lowest BCUT2D eigenvalue weighted by molar-refractivity contribution is 0.100. The number of nitrogens with two attached hydrogens (primary N) is 1. The topological polar surface area (TPSA) is 80.4 Å². The molecule has 0 spiro atoms. The van der Waals surface area contributed by atoms with Crippen LogP contribution in [0.2, 0.25) is 0 Å². The first-order valence-corrected chi connectivity index (χ1v) is 6.22. The summed E-state index contributed by atoms with van der Waals surface area (Å²) in [6.45, 7) is 0. The molecule has 2 aromatic carbocycles. The van der Waals surface area contributed by atoms with Crippen molar-refractivity contribution in [3.05, 3.63) is 66.2 Å². The van der Waals surface area contributed by atoms with Crippen molar-refractivity contribution >= 4 is 17.0 Å². The van der Waals surface area contributed by atoms with Gasteiger partial charge in [0.25, 0.3) is 0 Å². The first-order chi connectivity index (χ1) is 8.61. The molecule has 0 aliphatic carbocycles. The second kappa shape index (κ2) is 7.37. The van der Waals surface area contributed by atoms with Gasteiger partial charge in [-0.25, -0.2) is 4.21 Å². The Morgan fingerprint density at radius 2 is 1.39 bits per heavy atom. The number of primary amides is 1. The molecular weight excluding hydrogens is 250 g/mol. The van der Waals surface area contributed by atoms with Crippen LogP contribution >= 0.6 is 0 Å². The minimum Gasteiger partial charge on any atom is -0.366 e. The summed E-state index contributed by atoms with van der Waals surface area (Å²) >= 11 is -1.83. The molecule has 2 aromatic rings. The van der Waals surface area contributed by atoms with Gasteiger partial charge in [0.2, 0.25) is 5.91 Å². The van der Waals surface area contributed by atoms with Gasteiger partial charge in [0.05, 0.1) is 4.90 Å². The summed E-state index contributed by atoms with van der Waals surface area (Å²) in [5, 5.41) is 0. The summed E-state index contributed by atoms with van der Waals surface area (Å²) in [5.74, 6) is -0.379. The van der Waals surface area contributed by atoms with E-state index in [0.717, 1.165) is 0 Å². The molecule has 0 aliphatic heterocycles. The molecule has 18 heavy (non-hydrogen) atoms. The van der Waals surface area contributed by atoms with Crippen LogP contribution in [0, 0.1) is 0 Å². The van der Waals surface area contributed by atoms with Crippen molar-refractivity contribution < 1.29 is 13.6 Å². The first-order valence-electron chi connectivity index (χ1n) is 5.12. The van der Waals surface area contributed by atoms with Gasteiger partial charge < -0.3 is 10.3 Å². The van der Waals surface area contributed by atoms with E-state index < -0.39 is 11.1 Å². The van der Waals surface area contributed by atoms with E-state index in [0.29, 0.717) is 10.5 Å². The molecule has 0 aliphatic rings. The second-order valence-electron chi connectivity index (χ2n) is 3.29. The Morgan fingerprint density at radius 1 is 0.944 bits per heavy atom. The van der Waals surface area contributed by atoms with E-state index in [2.05, 4.69) is 0 Å². The van der Waals surface area contributed by atoms with E-state index in [1.807, 2.05) is 6.07 Å². The van der Waals surface area contributed by atoms with E-state index in [1.165, 1.54) is 0 Å². The van der Waals surface area contributed by atoms with Crippen molar-refractivity contribution in [1.29, 1.82) is 0 Å². The van der Waals surface area contributed by atoms with Gasteiger partial charge in [-0.1, -0.05) is 36.4 Å². The molecule has 0 radical (unpaired) electrons. The van der Waals surface area contributed by atoms with Crippen LogP contribution in [0.4, 0.5) is 0 Å². The fourth-order valence-corrected chi connectivity index (χ4v) is 1.53. The highest BCUT2D eigenvalue weighted by Crippen LogP contribution is 2.01. The molecule has 0 heterocycles. The minimum atomic E-state index is -1.83. The lowest BCUT2D eigenvalue weighted by atomic mass is 10.2. The van der Waals surface area contributed by atoms with Crippen LogP contribution in [-0.2, 0) is 11.1 Å². The maximum Gasteiger partial charge on any atom is 0.248 e. The number of carbonyl (C=O) groups excluding carboxylic acids is 1. The van der Waals surface area contributed by atoms with Gasteiger partial charge in [-0.15, -0.1) is 0 Å². The summed E-state index contributed by atoms with van der Waals surface area (Å²) < 4.78 is 18.8. The molecule has 0 saturated carbocycles. The molecular formula is C13H13NO3S. The molecule has 5 heteroatoms. The SMILES string of the molecule is NC(=O)c1ccccc1.O=S(O)c1ccccc1. The number of carbonyl (C=O) groups is 1. The van der Waals surface area contributed by atoms with E-state index in [-0.39, 0.29) is 5.91 Å². The Bertz CT molecular complexity index is 465. The first kappa shape index (κ1) is 14.1. The van der Waals surface area contributed by atoms with Gasteiger partial charge >= 0.3 is 0 Å². The molecule has 0 bridgehead atoms. The molecule has 0 fully saturated rings. The normalized spacial score (nSPS) is 10.9. The Morgan fingerprint density at radius 3 is 1.67 bits per heavy atom. The van der Waals surface area contributed by atoms with Crippen LogP contribution in [0.15, 0.2) is 65.6 Å². The zero-order valence-corrected chi connectivity index (χ0v) is 10.3. The van der Waals surface area contributed by atoms with Crippen molar-refractivity contribution in [3.8, 4) is 0 Å². The fourth-order valence-electron chi connectivity index (χ4n) is 1.14. The van der Waals surface area contributed by atoms with Gasteiger partial charge in [-0.05, 0) is 24.3 Å². The molecule has 1 amide bonds. The van der Waals surface area contributed by atoms with Gasteiger partial charge in [0.15, 0.2) is 11.1 Å². The predicted octanol–water partition coefficient (Wildman–Crippen LogP) is 2.05. The average Bonchev–Trinajstić information content (AvgIpc) is 2.41. The number of benzene rings is 2. The molecule has 1 atom stereocenters. The number of hydrogen-bond acceptors (Lipinski definition) is 2. The molecule has 4 nitrogen and oxygen atoms in total. The number of amides is 1. The Balaban J connectivity index is 0.000000180. The smallest absolute Gasteiger partial charge is 0.248 e. The molecule has 2 rings (SSSR count). The van der Waals surface area contributed by atoms with E-state index >= 15 is 0 Å². The number of hydrogen-bond donors (Lipinski definition) is 2. The van der Waals surface area contributed by atoms with Crippen molar-refractivity contribution in [2.45, 2.75) is 4.90 Å². The zero-order valence-electron chi connectivity index (χ0n) is 9.52. The van der Waals surface area contributed by atoms with Gasteiger partial charge in [-0.2, -0.15) is 0 Å². The van der Waals surface area contributed by atoms with Crippen LogP contribution in [0.25, 0.3) is 0 Å². The highest BCUT2D eigenvalue weighted by atomic mass is 32.2. The third kappa shape index (κ3) is 4.90. The van der Waals surface area contributed by atoms with Crippen LogP contribution in [0.3, 0.4) is 0 Å². The Hall–Kier alpha value is -1.98. The Kier molecular flexibility index (Phi) is 5.76. The third-order valence-corrected chi connectivity index (χ3v) is 2.68. The quantitative estimate of drug-likeness (QED) is 0.814. The van der Waals surface area contributed by atoms with Crippen LogP contribution < -0.4 is 5.73 Å². The number of rotatable bonds is 2. The summed E-state index contributed by atoms with van der Waals surface area (Å²) in [5.41, 5.74) is 5.53. The summed E-state index contributed by atoms with van der Waals surface area (Å²) in [6.07, 6.45) is 0. The summed E-state index contributed by atoms with van der Waals surface area (Å²) in [4.78, 5) is 10.9. The third-order valence-electron chi connectivity index (χ3n) is 2.00. The van der Waals surface area contributed by atoms with Crippen molar-refractivity contribution in [2.24, 2.45) is 5.73 Å². The van der Waals surface area contributed by atoms with Gasteiger partial charge in [0.1, 0.15) is 0 Å². The highest BCUT2D eigenvalue weighted by molar-refractivity contribution is 7.79. The maximum absolute atomic E-state index is 10.4. The van der Waals surface area contributed by atoms with Crippen LogP contribution in [-0.4, -0.2) is 14.7 Å². The van der Waals surface area contributed by atoms with Crippen LogP contribution in [0.5, 0.6) is 0 Å².